The zero-order valence-corrected chi connectivity index (χ0v) is 29.9. The molecule has 0 aliphatic carbocycles. The number of nitrogens with two attached hydrogens (primary N) is 1. The zero-order chi connectivity index (χ0) is 39.6. The molecule has 53 heavy (non-hydrogen) atoms. The number of carbonyl (C=O) groups excluding carboxylic acids is 4. The van der Waals surface area contributed by atoms with E-state index in [1.165, 1.54) is 4.90 Å². The van der Waals surface area contributed by atoms with Gasteiger partial charge in [0.1, 0.15) is 17.6 Å². The van der Waals surface area contributed by atoms with Gasteiger partial charge < -0.3 is 36.2 Å². The number of aliphatic carboxylic acids is 2. The van der Waals surface area contributed by atoms with Crippen molar-refractivity contribution in [2.75, 3.05) is 13.2 Å². The summed E-state index contributed by atoms with van der Waals surface area (Å²) in [6.45, 7) is 4.31. The maximum absolute atomic E-state index is 14.1. The minimum atomic E-state index is -5.08. The number of unbranched alkanes of at least 4 members (excludes halogenated alkanes) is 1. The van der Waals surface area contributed by atoms with E-state index in [1.54, 1.807) is 24.3 Å². The number of carbonyl (C=O) groups is 6. The first kappa shape index (κ1) is 44.2. The third-order valence-corrected chi connectivity index (χ3v) is 8.59. The number of ether oxygens (including phenoxy) is 1. The highest BCUT2D eigenvalue weighted by molar-refractivity contribution is 5.97. The summed E-state index contributed by atoms with van der Waals surface area (Å²) in [6, 6.07) is 15.0. The Labute approximate surface area is 306 Å². The third-order valence-electron chi connectivity index (χ3n) is 8.59. The number of carboxylic acids is 2. The van der Waals surface area contributed by atoms with Gasteiger partial charge in [-0.25, -0.2) is 14.4 Å². The van der Waals surface area contributed by atoms with Gasteiger partial charge in [-0.15, -0.1) is 0 Å². The summed E-state index contributed by atoms with van der Waals surface area (Å²) in [4.78, 5) is 75.5. The van der Waals surface area contributed by atoms with E-state index in [0.717, 1.165) is 5.56 Å². The van der Waals surface area contributed by atoms with Crippen molar-refractivity contribution in [3.05, 3.63) is 71.8 Å². The summed E-state index contributed by atoms with van der Waals surface area (Å²) in [5.41, 5.74) is 6.23. The Morgan fingerprint density at radius 1 is 0.925 bits per heavy atom. The number of carboxylic acid groups (broad SMARTS) is 2. The molecule has 0 unspecified atom stereocenters. The van der Waals surface area contributed by atoms with E-state index in [-0.39, 0.29) is 13.0 Å². The molecule has 0 saturated carbocycles. The van der Waals surface area contributed by atoms with Crippen molar-refractivity contribution in [2.45, 2.75) is 108 Å². The number of nitrogens with one attached hydrogen (secondary N) is 2. The fourth-order valence-electron chi connectivity index (χ4n) is 5.97. The number of hydrogen-bond acceptors (Lipinski definition) is 8. The maximum Gasteiger partial charge on any atom is 0.490 e. The monoisotopic (exact) mass is 750 g/mol. The summed E-state index contributed by atoms with van der Waals surface area (Å²) >= 11 is 0. The Hall–Kier alpha value is -4.99. The molecule has 3 atom stereocenters. The van der Waals surface area contributed by atoms with Crippen LogP contribution in [0.3, 0.4) is 0 Å². The second-order valence-corrected chi connectivity index (χ2v) is 12.7. The van der Waals surface area contributed by atoms with Gasteiger partial charge in [0, 0.05) is 13.0 Å². The third kappa shape index (κ3) is 14.2. The first-order chi connectivity index (χ1) is 25.1. The minimum Gasteiger partial charge on any atom is -0.480 e. The van der Waals surface area contributed by atoms with Gasteiger partial charge in [0.25, 0.3) is 0 Å². The fourth-order valence-corrected chi connectivity index (χ4v) is 5.97. The quantitative estimate of drug-likeness (QED) is 0.108. The van der Waals surface area contributed by atoms with E-state index >= 15 is 0 Å². The van der Waals surface area contributed by atoms with Crippen LogP contribution < -0.4 is 16.4 Å². The number of esters is 1. The van der Waals surface area contributed by atoms with Gasteiger partial charge in [-0.05, 0) is 62.6 Å². The second kappa shape index (κ2) is 21.5. The van der Waals surface area contributed by atoms with Crippen molar-refractivity contribution in [1.29, 1.82) is 0 Å². The molecule has 16 heteroatoms. The molecule has 292 valence electrons. The molecule has 3 rings (SSSR count). The molecule has 0 bridgehead atoms. The number of amides is 3. The van der Waals surface area contributed by atoms with Crippen LogP contribution in [0.2, 0.25) is 0 Å². The summed E-state index contributed by atoms with van der Waals surface area (Å²) in [6.07, 6.45) is -0.795. The fraction of sp³-hybridized carbons (Fsp3) is 0.514. The van der Waals surface area contributed by atoms with Crippen LogP contribution in [-0.2, 0) is 35.1 Å². The number of nitrogens with zero attached hydrogens (tertiary/aromatic N) is 1. The maximum atomic E-state index is 14.1. The van der Waals surface area contributed by atoms with Crippen LogP contribution in [0.25, 0.3) is 0 Å². The molecular weight excluding hydrogens is 701 g/mol. The van der Waals surface area contributed by atoms with Crippen LogP contribution in [-0.4, -0.2) is 93.7 Å². The number of likely N-dealkylation sites (tertiary alicyclic amines) is 1. The van der Waals surface area contributed by atoms with Crippen molar-refractivity contribution >= 4 is 35.6 Å². The van der Waals surface area contributed by atoms with E-state index in [0.29, 0.717) is 69.9 Å². The molecule has 6 N–H and O–H groups in total. The van der Waals surface area contributed by atoms with E-state index in [1.807, 2.05) is 50.2 Å². The van der Waals surface area contributed by atoms with Crippen molar-refractivity contribution in [2.24, 2.45) is 5.73 Å². The number of alkyl halides is 3. The van der Waals surface area contributed by atoms with Gasteiger partial charge in [0.05, 0.1) is 18.2 Å². The molecule has 1 aliphatic heterocycles. The Balaban J connectivity index is 0.00000126. The Morgan fingerprint density at radius 2 is 1.49 bits per heavy atom. The summed E-state index contributed by atoms with van der Waals surface area (Å²) < 4.78 is 37.0. The predicted octanol–water partition coefficient (Wildman–Crippen LogP) is 4.23. The first-order valence-corrected chi connectivity index (χ1v) is 17.5. The number of rotatable bonds is 18. The molecule has 0 aromatic heterocycles. The Kier molecular flexibility index (Phi) is 17.9. The van der Waals surface area contributed by atoms with Gasteiger partial charge >= 0.3 is 24.1 Å². The molecule has 0 spiro atoms. The number of halogens is 3. The first-order valence-electron chi connectivity index (χ1n) is 17.5. The molecule has 1 aliphatic rings. The van der Waals surface area contributed by atoms with Gasteiger partial charge in [0.15, 0.2) is 0 Å². The average molecular weight is 751 g/mol. The van der Waals surface area contributed by atoms with Crippen molar-refractivity contribution in [3.8, 4) is 0 Å². The minimum absolute atomic E-state index is 0.172. The van der Waals surface area contributed by atoms with Crippen LogP contribution in [0.4, 0.5) is 13.2 Å². The summed E-state index contributed by atoms with van der Waals surface area (Å²) in [5, 5.41) is 22.7. The molecule has 1 fully saturated rings. The zero-order valence-electron chi connectivity index (χ0n) is 29.9. The highest BCUT2D eigenvalue weighted by Crippen LogP contribution is 2.24. The highest BCUT2D eigenvalue weighted by Gasteiger charge is 2.43. The van der Waals surface area contributed by atoms with Gasteiger partial charge in [-0.1, -0.05) is 75.2 Å². The summed E-state index contributed by atoms with van der Waals surface area (Å²) in [5.74, 6) is -5.67. The molecule has 0 radical (unpaired) electrons. The van der Waals surface area contributed by atoms with Gasteiger partial charge in [-0.3, -0.25) is 14.4 Å². The second-order valence-electron chi connectivity index (χ2n) is 12.7. The lowest BCUT2D eigenvalue weighted by Gasteiger charge is -2.36. The standard InChI is InChI=1S/C35H48N4O7.C2HF3O2/c1-3-20-35(21-4-2,38-30(40)27(36)18-11-12-23-46-33(44)26-16-9-6-10-17-26)34(45)37-28(24-25-14-7-5-8-15-25)31(41)39-22-13-19-29(39)32(42)43;3-2(4,5)1(6)7/h5-10,14-17,27-29H,3-4,11-13,18-24,36H2,1-2H3,(H,37,45)(H,38,40)(H,42,43);(H,6,7)/t27-,28-,29+;/m0./s1. The van der Waals surface area contributed by atoms with E-state index in [4.69, 9.17) is 20.4 Å². The number of benzene rings is 2. The van der Waals surface area contributed by atoms with Crippen molar-refractivity contribution < 1.29 is 56.9 Å². The van der Waals surface area contributed by atoms with E-state index in [9.17, 15) is 42.3 Å². The predicted molar refractivity (Wildman–Crippen MR) is 187 cm³/mol. The van der Waals surface area contributed by atoms with E-state index in [2.05, 4.69) is 10.6 Å². The van der Waals surface area contributed by atoms with Crippen LogP contribution in [0.15, 0.2) is 60.7 Å². The van der Waals surface area contributed by atoms with Gasteiger partial charge in [-0.2, -0.15) is 13.2 Å². The van der Waals surface area contributed by atoms with E-state index < -0.39 is 65.5 Å². The molecule has 13 nitrogen and oxygen atoms in total. The molecule has 2 aromatic rings. The largest absolute Gasteiger partial charge is 0.490 e. The highest BCUT2D eigenvalue weighted by atomic mass is 19.4. The smallest absolute Gasteiger partial charge is 0.480 e. The SMILES string of the molecule is CCCC(CCC)(NC(=O)[C@@H](N)CCCCOC(=O)c1ccccc1)C(=O)N[C@@H](Cc1ccccc1)C(=O)N1CCC[C@@H]1C(=O)O.O=C(O)C(F)(F)F. The lowest BCUT2D eigenvalue weighted by molar-refractivity contribution is -0.192. The lowest BCUT2D eigenvalue weighted by atomic mass is 9.86. The molecule has 1 heterocycles. The van der Waals surface area contributed by atoms with Gasteiger partial charge in [0.2, 0.25) is 17.7 Å². The van der Waals surface area contributed by atoms with Crippen molar-refractivity contribution in [1.82, 2.24) is 15.5 Å². The van der Waals surface area contributed by atoms with Crippen LogP contribution in [0.1, 0.15) is 87.6 Å². The normalized spacial score (nSPS) is 15.3. The summed E-state index contributed by atoms with van der Waals surface area (Å²) in [7, 11) is 0. The number of hydrogen-bond donors (Lipinski definition) is 5. The molecule has 3 amide bonds. The van der Waals surface area contributed by atoms with Crippen LogP contribution >= 0.6 is 0 Å². The molecular formula is C37H49F3N4O9. The molecule has 2 aromatic carbocycles. The average Bonchev–Trinajstić information content (AvgIpc) is 3.62. The van der Waals surface area contributed by atoms with Crippen LogP contribution in [0, 0.1) is 0 Å². The molecule has 1 saturated heterocycles. The Bertz CT molecular complexity index is 1500. The van der Waals surface area contributed by atoms with Crippen LogP contribution in [0.5, 0.6) is 0 Å². The topological polar surface area (TPSA) is 205 Å². The van der Waals surface area contributed by atoms with Crippen molar-refractivity contribution in [3.63, 3.8) is 0 Å². The Morgan fingerprint density at radius 3 is 2.02 bits per heavy atom. The lowest BCUT2D eigenvalue weighted by Crippen LogP contribution is -2.64.